The molecule has 1 atom stereocenters. The van der Waals surface area contributed by atoms with Gasteiger partial charge in [0.25, 0.3) is 0 Å². The maximum absolute atomic E-state index is 13.1. The molecule has 1 aromatic heterocycles. The second-order valence-corrected chi connectivity index (χ2v) is 3.73. The molecule has 1 saturated heterocycles. The van der Waals surface area contributed by atoms with Crippen molar-refractivity contribution in [2.75, 3.05) is 13.2 Å². The molecule has 3 nitrogen and oxygen atoms in total. The largest absolute Gasteiger partial charge is 0.490 e. The third-order valence-corrected chi connectivity index (χ3v) is 2.64. The predicted molar refractivity (Wildman–Crippen MR) is 55.5 cm³/mol. The molecular formula is C11H15FN2O. The van der Waals surface area contributed by atoms with Gasteiger partial charge in [-0.05, 0) is 25.5 Å². The van der Waals surface area contributed by atoms with Crippen LogP contribution in [0.2, 0.25) is 0 Å². The number of rotatable bonds is 4. The molecule has 0 amide bonds. The Balaban J connectivity index is 1.95. The number of halogens is 1. The zero-order valence-corrected chi connectivity index (χ0v) is 8.79. The highest BCUT2D eigenvalue weighted by molar-refractivity contribution is 5.24. The van der Waals surface area contributed by atoms with E-state index in [-0.39, 0.29) is 0 Å². The summed E-state index contributed by atoms with van der Waals surface area (Å²) < 4.78 is 18.6. The average molecular weight is 210 g/mol. The van der Waals surface area contributed by atoms with Crippen molar-refractivity contribution in [1.29, 1.82) is 0 Å². The molecule has 1 N–H and O–H groups in total. The Morgan fingerprint density at radius 3 is 3.07 bits per heavy atom. The number of pyridine rings is 1. The zero-order valence-electron chi connectivity index (χ0n) is 8.79. The summed E-state index contributed by atoms with van der Waals surface area (Å²) in [5.41, 5.74) is 0.606. The van der Waals surface area contributed by atoms with E-state index in [1.807, 2.05) is 6.92 Å². The normalized spacial score (nSPS) is 19.7. The summed E-state index contributed by atoms with van der Waals surface area (Å²) in [4.78, 5) is 3.66. The Morgan fingerprint density at radius 1 is 1.67 bits per heavy atom. The van der Waals surface area contributed by atoms with Gasteiger partial charge in [0.05, 0.1) is 6.20 Å². The highest BCUT2D eigenvalue weighted by Crippen LogP contribution is 2.15. The monoisotopic (exact) mass is 210 g/mol. The summed E-state index contributed by atoms with van der Waals surface area (Å²) >= 11 is 0. The maximum Gasteiger partial charge on any atom is 0.216 e. The van der Waals surface area contributed by atoms with Crippen LogP contribution in [0.25, 0.3) is 0 Å². The van der Waals surface area contributed by atoms with Gasteiger partial charge in [-0.25, -0.2) is 4.98 Å². The molecule has 1 aliphatic rings. The van der Waals surface area contributed by atoms with Gasteiger partial charge in [-0.15, -0.1) is 0 Å². The lowest BCUT2D eigenvalue weighted by molar-refractivity contribution is 0.216. The summed E-state index contributed by atoms with van der Waals surface area (Å²) in [7, 11) is 0. The molecule has 2 heterocycles. The molecule has 4 heteroatoms. The lowest BCUT2D eigenvalue weighted by Crippen LogP contribution is -2.46. The fraction of sp³-hybridized carbons (Fsp3) is 0.545. The molecule has 1 fully saturated rings. The van der Waals surface area contributed by atoms with Crippen molar-refractivity contribution in [1.82, 2.24) is 10.3 Å². The Kier molecular flexibility index (Phi) is 3.16. The number of aromatic nitrogens is 1. The van der Waals surface area contributed by atoms with E-state index in [0.717, 1.165) is 13.0 Å². The first-order valence-corrected chi connectivity index (χ1v) is 5.30. The summed E-state index contributed by atoms with van der Waals surface area (Å²) in [5.74, 6) is 0.258. The van der Waals surface area contributed by atoms with E-state index in [1.165, 1.54) is 6.20 Å². The van der Waals surface area contributed by atoms with Crippen molar-refractivity contribution in [3.63, 3.8) is 0 Å². The molecule has 15 heavy (non-hydrogen) atoms. The van der Waals surface area contributed by atoms with Gasteiger partial charge in [0.15, 0.2) is 0 Å². The minimum atomic E-state index is -0.397. The lowest BCUT2D eigenvalue weighted by Gasteiger charge is -2.27. The van der Waals surface area contributed by atoms with Crippen molar-refractivity contribution in [2.45, 2.75) is 25.8 Å². The standard InChI is InChI=1S/C11H15FN2O/c1-2-8-5-10(6-14-11(8)12)15-7-9-3-4-13-9/h5-6,9,13H,2-4,7H2,1H3. The van der Waals surface area contributed by atoms with E-state index in [4.69, 9.17) is 4.74 Å². The topological polar surface area (TPSA) is 34.1 Å². The summed E-state index contributed by atoms with van der Waals surface area (Å²) in [6.07, 6.45) is 3.22. The number of nitrogens with one attached hydrogen (secondary N) is 1. The number of nitrogens with zero attached hydrogens (tertiary/aromatic N) is 1. The Hall–Kier alpha value is -1.16. The molecule has 1 aromatic rings. The van der Waals surface area contributed by atoms with E-state index in [2.05, 4.69) is 10.3 Å². The van der Waals surface area contributed by atoms with Crippen LogP contribution in [0.1, 0.15) is 18.9 Å². The van der Waals surface area contributed by atoms with Crippen LogP contribution in [-0.4, -0.2) is 24.2 Å². The van der Waals surface area contributed by atoms with Crippen LogP contribution >= 0.6 is 0 Å². The molecule has 0 aliphatic carbocycles. The molecule has 0 bridgehead atoms. The van der Waals surface area contributed by atoms with Gasteiger partial charge in [0, 0.05) is 11.6 Å². The van der Waals surface area contributed by atoms with E-state index < -0.39 is 5.95 Å². The van der Waals surface area contributed by atoms with Crippen molar-refractivity contribution < 1.29 is 9.13 Å². The third-order valence-electron chi connectivity index (χ3n) is 2.64. The van der Waals surface area contributed by atoms with E-state index in [1.54, 1.807) is 6.07 Å². The molecule has 1 aliphatic heterocycles. The van der Waals surface area contributed by atoms with Crippen LogP contribution in [0.4, 0.5) is 4.39 Å². The number of aryl methyl sites for hydroxylation is 1. The van der Waals surface area contributed by atoms with E-state index in [9.17, 15) is 4.39 Å². The number of ether oxygens (including phenoxy) is 1. The zero-order chi connectivity index (χ0) is 10.7. The highest BCUT2D eigenvalue weighted by Gasteiger charge is 2.16. The van der Waals surface area contributed by atoms with Crippen LogP contribution < -0.4 is 10.1 Å². The van der Waals surface area contributed by atoms with Gasteiger partial charge in [0.2, 0.25) is 5.95 Å². The first kappa shape index (κ1) is 10.4. The Morgan fingerprint density at radius 2 is 2.47 bits per heavy atom. The van der Waals surface area contributed by atoms with Crippen LogP contribution in [0, 0.1) is 5.95 Å². The van der Waals surface area contributed by atoms with Crippen molar-refractivity contribution >= 4 is 0 Å². The van der Waals surface area contributed by atoms with Crippen LogP contribution in [-0.2, 0) is 6.42 Å². The predicted octanol–water partition coefficient (Wildman–Crippen LogP) is 1.52. The van der Waals surface area contributed by atoms with Gasteiger partial charge in [-0.2, -0.15) is 4.39 Å². The van der Waals surface area contributed by atoms with E-state index in [0.29, 0.717) is 30.4 Å². The smallest absolute Gasteiger partial charge is 0.216 e. The quantitative estimate of drug-likeness (QED) is 0.765. The van der Waals surface area contributed by atoms with Crippen molar-refractivity contribution in [3.8, 4) is 5.75 Å². The molecule has 0 radical (unpaired) electrons. The summed E-state index contributed by atoms with van der Waals surface area (Å²) in [6.45, 7) is 3.60. The minimum Gasteiger partial charge on any atom is -0.490 e. The summed E-state index contributed by atoms with van der Waals surface area (Å²) in [6, 6.07) is 2.17. The fourth-order valence-corrected chi connectivity index (χ4v) is 1.49. The SMILES string of the molecule is CCc1cc(OCC2CCN2)cnc1F. The molecule has 2 rings (SSSR count). The minimum absolute atomic E-state index is 0.397. The Labute approximate surface area is 88.7 Å². The van der Waals surface area contributed by atoms with Gasteiger partial charge in [0.1, 0.15) is 12.4 Å². The van der Waals surface area contributed by atoms with Crippen LogP contribution in [0.3, 0.4) is 0 Å². The maximum atomic E-state index is 13.1. The second kappa shape index (κ2) is 4.57. The highest BCUT2D eigenvalue weighted by atomic mass is 19.1. The molecule has 1 unspecified atom stereocenters. The van der Waals surface area contributed by atoms with Gasteiger partial charge in [-0.3, -0.25) is 0 Å². The molecule has 0 saturated carbocycles. The third kappa shape index (κ3) is 2.45. The van der Waals surface area contributed by atoms with Gasteiger partial charge >= 0.3 is 0 Å². The molecular weight excluding hydrogens is 195 g/mol. The van der Waals surface area contributed by atoms with Crippen LogP contribution in [0.15, 0.2) is 12.3 Å². The van der Waals surface area contributed by atoms with Gasteiger partial charge < -0.3 is 10.1 Å². The first-order valence-electron chi connectivity index (χ1n) is 5.30. The number of hydrogen-bond donors (Lipinski definition) is 1. The Bertz CT molecular complexity index is 339. The van der Waals surface area contributed by atoms with Crippen LogP contribution in [0.5, 0.6) is 5.75 Å². The van der Waals surface area contributed by atoms with Gasteiger partial charge in [-0.1, -0.05) is 6.92 Å². The second-order valence-electron chi connectivity index (χ2n) is 3.73. The van der Waals surface area contributed by atoms with E-state index >= 15 is 0 Å². The van der Waals surface area contributed by atoms with Crippen molar-refractivity contribution in [2.24, 2.45) is 0 Å². The molecule has 82 valence electrons. The molecule has 0 spiro atoms. The average Bonchev–Trinajstić information content (AvgIpc) is 2.18. The first-order chi connectivity index (χ1) is 7.29. The number of hydrogen-bond acceptors (Lipinski definition) is 3. The van der Waals surface area contributed by atoms with Crippen molar-refractivity contribution in [3.05, 3.63) is 23.8 Å². The molecule has 0 aromatic carbocycles. The lowest BCUT2D eigenvalue weighted by atomic mass is 10.1. The fourth-order valence-electron chi connectivity index (χ4n) is 1.49. The summed E-state index contributed by atoms with van der Waals surface area (Å²) in [5, 5.41) is 3.24.